The predicted octanol–water partition coefficient (Wildman–Crippen LogP) is 4.95. The highest BCUT2D eigenvalue weighted by Gasteiger charge is 2.09. The third kappa shape index (κ3) is 5.41. The van der Waals surface area contributed by atoms with Crippen LogP contribution in [0.1, 0.15) is 28.4 Å². The average Bonchev–Trinajstić information content (AvgIpc) is 2.73. The summed E-state index contributed by atoms with van der Waals surface area (Å²) in [7, 11) is 0. The number of nitrogens with one attached hydrogen (secondary N) is 2. The van der Waals surface area contributed by atoms with E-state index in [2.05, 4.69) is 17.6 Å². The molecule has 1 amide bonds. The van der Waals surface area contributed by atoms with Crippen LogP contribution in [-0.2, 0) is 13.0 Å². The summed E-state index contributed by atoms with van der Waals surface area (Å²) in [6.07, 6.45) is 0.879. The van der Waals surface area contributed by atoms with Gasteiger partial charge in [-0.05, 0) is 60.1 Å². The minimum atomic E-state index is -0.263. The van der Waals surface area contributed by atoms with E-state index in [1.54, 1.807) is 24.3 Å². The van der Waals surface area contributed by atoms with Gasteiger partial charge in [-0.15, -0.1) is 0 Å². The molecule has 0 atom stereocenters. The number of ether oxygens (including phenoxy) is 1. The minimum absolute atomic E-state index is 0.263. The largest absolute Gasteiger partial charge is 0.489 e. The highest BCUT2D eigenvalue weighted by Crippen LogP contribution is 2.16. The second kappa shape index (κ2) is 9.67. The van der Waals surface area contributed by atoms with Gasteiger partial charge in [0.1, 0.15) is 12.4 Å². The molecule has 0 aliphatic rings. The Morgan fingerprint density at radius 1 is 0.929 bits per heavy atom. The van der Waals surface area contributed by atoms with E-state index in [0.717, 1.165) is 23.2 Å². The number of aryl methyl sites for hydroxylation is 1. The van der Waals surface area contributed by atoms with Crippen LogP contribution in [0.4, 0.5) is 5.69 Å². The van der Waals surface area contributed by atoms with Crippen LogP contribution >= 0.6 is 12.2 Å². The second-order valence-electron chi connectivity index (χ2n) is 6.22. The van der Waals surface area contributed by atoms with Crippen molar-refractivity contribution in [3.8, 4) is 5.75 Å². The summed E-state index contributed by atoms with van der Waals surface area (Å²) in [5, 5.41) is 6.07. The Balaban J connectivity index is 1.54. The van der Waals surface area contributed by atoms with Gasteiger partial charge in [0, 0.05) is 11.3 Å². The fraction of sp³-hybridized carbons (Fsp3) is 0.130. The maximum Gasteiger partial charge on any atom is 0.257 e. The number of carbonyl (C=O) groups is 1. The molecule has 0 aliphatic heterocycles. The van der Waals surface area contributed by atoms with E-state index >= 15 is 0 Å². The SMILES string of the molecule is CCc1ccccc1NC(=S)NC(=O)c1ccc(OCc2ccccc2)cc1. The molecule has 2 N–H and O–H groups in total. The van der Waals surface area contributed by atoms with E-state index < -0.39 is 0 Å². The molecule has 4 nitrogen and oxygen atoms in total. The summed E-state index contributed by atoms with van der Waals surface area (Å²) in [5.41, 5.74) is 3.65. The van der Waals surface area contributed by atoms with Crippen LogP contribution < -0.4 is 15.4 Å². The van der Waals surface area contributed by atoms with Crippen molar-refractivity contribution in [3.05, 3.63) is 95.6 Å². The van der Waals surface area contributed by atoms with Crippen LogP contribution in [0, 0.1) is 0 Å². The van der Waals surface area contributed by atoms with Crippen molar-refractivity contribution < 1.29 is 9.53 Å². The van der Waals surface area contributed by atoms with Gasteiger partial charge in [0.2, 0.25) is 0 Å². The van der Waals surface area contributed by atoms with E-state index in [0.29, 0.717) is 17.9 Å². The minimum Gasteiger partial charge on any atom is -0.489 e. The highest BCUT2D eigenvalue weighted by atomic mass is 32.1. The fourth-order valence-corrected chi connectivity index (χ4v) is 2.93. The van der Waals surface area contributed by atoms with Gasteiger partial charge in [-0.25, -0.2) is 0 Å². The Bertz CT molecular complexity index is 940. The number of amides is 1. The Morgan fingerprint density at radius 2 is 1.61 bits per heavy atom. The molecule has 3 aromatic carbocycles. The zero-order chi connectivity index (χ0) is 19.8. The standard InChI is InChI=1S/C23H22N2O2S/c1-2-18-10-6-7-11-21(18)24-23(28)25-22(26)19-12-14-20(15-13-19)27-16-17-8-4-3-5-9-17/h3-15H,2,16H2,1H3,(H2,24,25,26,28). The lowest BCUT2D eigenvalue weighted by molar-refractivity contribution is 0.0977. The number of hydrogen-bond acceptors (Lipinski definition) is 3. The van der Waals surface area contributed by atoms with Crippen molar-refractivity contribution in [1.29, 1.82) is 0 Å². The number of carbonyl (C=O) groups excluding carboxylic acids is 1. The summed E-state index contributed by atoms with van der Waals surface area (Å²) >= 11 is 5.27. The number of thiocarbonyl (C=S) groups is 1. The van der Waals surface area contributed by atoms with Gasteiger partial charge >= 0.3 is 0 Å². The highest BCUT2D eigenvalue weighted by molar-refractivity contribution is 7.80. The molecule has 0 heterocycles. The predicted molar refractivity (Wildman–Crippen MR) is 117 cm³/mol. The van der Waals surface area contributed by atoms with E-state index in [9.17, 15) is 4.79 Å². The molecule has 3 aromatic rings. The van der Waals surface area contributed by atoms with Gasteiger partial charge in [-0.1, -0.05) is 55.5 Å². The monoisotopic (exact) mass is 390 g/mol. The Labute approximate surface area is 170 Å². The molecule has 5 heteroatoms. The van der Waals surface area contributed by atoms with Crippen LogP contribution in [0.3, 0.4) is 0 Å². The van der Waals surface area contributed by atoms with Crippen LogP contribution in [0.15, 0.2) is 78.9 Å². The van der Waals surface area contributed by atoms with E-state index in [4.69, 9.17) is 17.0 Å². The second-order valence-corrected chi connectivity index (χ2v) is 6.63. The average molecular weight is 391 g/mol. The van der Waals surface area contributed by atoms with Crippen molar-refractivity contribution in [2.45, 2.75) is 20.0 Å². The molecule has 0 saturated heterocycles. The van der Waals surface area contributed by atoms with E-state index in [-0.39, 0.29) is 11.0 Å². The maximum absolute atomic E-state index is 12.4. The molecule has 28 heavy (non-hydrogen) atoms. The third-order valence-electron chi connectivity index (χ3n) is 4.24. The lowest BCUT2D eigenvalue weighted by atomic mass is 10.1. The zero-order valence-electron chi connectivity index (χ0n) is 15.6. The van der Waals surface area contributed by atoms with Gasteiger partial charge in [0.05, 0.1) is 0 Å². The molecule has 0 saturated carbocycles. The molecule has 0 aliphatic carbocycles. The van der Waals surface area contributed by atoms with Gasteiger partial charge in [0.15, 0.2) is 5.11 Å². The Kier molecular flexibility index (Phi) is 6.76. The van der Waals surface area contributed by atoms with Gasteiger partial charge in [-0.2, -0.15) is 0 Å². The third-order valence-corrected chi connectivity index (χ3v) is 4.44. The van der Waals surface area contributed by atoms with Crippen molar-refractivity contribution in [1.82, 2.24) is 5.32 Å². The molecule has 3 rings (SSSR count). The molecular formula is C23H22N2O2S. The van der Waals surface area contributed by atoms with Crippen LogP contribution in [0.25, 0.3) is 0 Å². The van der Waals surface area contributed by atoms with Crippen molar-refractivity contribution in [3.63, 3.8) is 0 Å². The zero-order valence-corrected chi connectivity index (χ0v) is 16.5. The van der Waals surface area contributed by atoms with Crippen LogP contribution in [0.2, 0.25) is 0 Å². The topological polar surface area (TPSA) is 50.4 Å². The van der Waals surface area contributed by atoms with E-state index in [1.807, 2.05) is 54.6 Å². The van der Waals surface area contributed by atoms with Crippen molar-refractivity contribution in [2.24, 2.45) is 0 Å². The fourth-order valence-electron chi connectivity index (χ4n) is 2.72. The number of anilines is 1. The van der Waals surface area contributed by atoms with Crippen LogP contribution in [0.5, 0.6) is 5.75 Å². The first-order chi connectivity index (χ1) is 13.7. The first-order valence-electron chi connectivity index (χ1n) is 9.12. The Morgan fingerprint density at radius 3 is 2.32 bits per heavy atom. The first kappa shape index (κ1) is 19.6. The lowest BCUT2D eigenvalue weighted by Crippen LogP contribution is -2.34. The van der Waals surface area contributed by atoms with Crippen molar-refractivity contribution >= 4 is 28.9 Å². The molecule has 142 valence electrons. The molecule has 0 unspecified atom stereocenters. The van der Waals surface area contributed by atoms with E-state index in [1.165, 1.54) is 0 Å². The summed E-state index contributed by atoms with van der Waals surface area (Å²) in [5.74, 6) is 0.444. The smallest absolute Gasteiger partial charge is 0.257 e. The number of hydrogen-bond donors (Lipinski definition) is 2. The first-order valence-corrected chi connectivity index (χ1v) is 9.53. The summed E-state index contributed by atoms with van der Waals surface area (Å²) < 4.78 is 5.74. The molecule has 0 bridgehead atoms. The maximum atomic E-state index is 12.4. The van der Waals surface area contributed by atoms with Crippen molar-refractivity contribution in [2.75, 3.05) is 5.32 Å². The molecule has 0 fully saturated rings. The number of benzene rings is 3. The summed E-state index contributed by atoms with van der Waals surface area (Å²) in [6.45, 7) is 2.56. The molecule has 0 spiro atoms. The Hall–Kier alpha value is -3.18. The normalized spacial score (nSPS) is 10.2. The van der Waals surface area contributed by atoms with Gasteiger partial charge in [0.25, 0.3) is 5.91 Å². The quantitative estimate of drug-likeness (QED) is 0.585. The summed E-state index contributed by atoms with van der Waals surface area (Å²) in [6, 6.07) is 24.8. The number of rotatable bonds is 6. The molecule has 0 aromatic heterocycles. The molecule has 0 radical (unpaired) electrons. The van der Waals surface area contributed by atoms with Gasteiger partial charge in [-0.3, -0.25) is 10.1 Å². The summed E-state index contributed by atoms with van der Waals surface area (Å²) in [4.78, 5) is 12.4. The van der Waals surface area contributed by atoms with Gasteiger partial charge < -0.3 is 10.1 Å². The number of para-hydroxylation sites is 1. The lowest BCUT2D eigenvalue weighted by Gasteiger charge is -2.13. The van der Waals surface area contributed by atoms with Crippen LogP contribution in [-0.4, -0.2) is 11.0 Å². The molecular weight excluding hydrogens is 368 g/mol.